The van der Waals surface area contributed by atoms with E-state index < -0.39 is 21.5 Å². The van der Waals surface area contributed by atoms with Crippen LogP contribution in [0.2, 0.25) is 0 Å². The van der Waals surface area contributed by atoms with E-state index in [1.807, 2.05) is 54.2 Å². The molecule has 7 heterocycles. The Balaban J connectivity index is 0.838. The number of piperazine rings is 1. The number of carbonyl (C=O) groups is 2. The predicted molar refractivity (Wildman–Crippen MR) is 294 cm³/mol. The van der Waals surface area contributed by atoms with Crippen LogP contribution in [0.4, 0.5) is 23.0 Å². The third-order valence-electron chi connectivity index (χ3n) is 15.2. The zero-order valence-corrected chi connectivity index (χ0v) is 46.1. The van der Waals surface area contributed by atoms with Gasteiger partial charge in [0.15, 0.2) is 0 Å². The summed E-state index contributed by atoms with van der Waals surface area (Å²) in [5, 5.41) is 15.3. The van der Waals surface area contributed by atoms with Crippen molar-refractivity contribution in [2.75, 3.05) is 108 Å². The molecule has 2 amide bonds. The maximum absolute atomic E-state index is 12.6. The van der Waals surface area contributed by atoms with Crippen molar-refractivity contribution in [2.24, 2.45) is 0 Å². The zero-order valence-electron chi connectivity index (χ0n) is 43.9. The molecule has 0 radical (unpaired) electrons. The first-order valence-corrected chi connectivity index (χ1v) is 29.1. The number of hydrogen-bond donors (Lipinski definition) is 1. The Bertz CT molecular complexity index is 3160. The molecule has 11 rings (SSSR count). The minimum Gasteiger partial charge on any atom is -0.508 e. The van der Waals surface area contributed by atoms with Gasteiger partial charge >= 0.3 is 260 Å². The second kappa shape index (κ2) is 22.4. The van der Waals surface area contributed by atoms with Crippen LogP contribution >= 0.6 is 0 Å². The van der Waals surface area contributed by atoms with Crippen molar-refractivity contribution in [1.29, 1.82) is 0 Å². The fourth-order valence-electron chi connectivity index (χ4n) is 11.6. The van der Waals surface area contributed by atoms with Crippen molar-refractivity contribution in [3.8, 4) is 17.8 Å². The van der Waals surface area contributed by atoms with Gasteiger partial charge in [-0.25, -0.2) is 0 Å². The number of piperidine rings is 1. The number of phenolic OH excluding ortho intramolecular Hbond substituents is 1. The number of hydrogen-bond acceptors (Lipinski definition) is 15. The number of alkyl halides is 1. The number of benzene rings is 4. The van der Waals surface area contributed by atoms with Crippen LogP contribution in [0, 0.1) is 0 Å². The minimum absolute atomic E-state index is 0.0149. The van der Waals surface area contributed by atoms with Gasteiger partial charge in [-0.3, -0.25) is 4.79 Å². The fourth-order valence-corrected chi connectivity index (χ4v) is 14.3. The van der Waals surface area contributed by atoms with Crippen molar-refractivity contribution < 1.29 is 45.6 Å². The SMILES string of the molecule is C=CC(=O)N1CCN(c2nc(O[C@@H]3CCCN(Cc4cc(N5CCc6c(nc(O[C@H](C)CN(C)C)nc6N6CCN(C(=O)C=C)C[I-]6)C5)c5ccccc5c4)C3)nc3c2CCN(c2cc(O)cc4ccccc24)C3)CC1. The molecule has 5 aliphatic heterocycles. The number of aromatic nitrogens is 4. The first kappa shape index (κ1) is 51.3. The number of likely N-dealkylation sites (N-methyl/N-ethyl adjacent to an activating group) is 1. The van der Waals surface area contributed by atoms with E-state index in [0.29, 0.717) is 62.4 Å². The molecule has 5 aliphatic rings. The fraction of sp³-hybridized carbons (Fsp3) is 0.414. The number of carbonyl (C=O) groups excluding carboxylic acids is 2. The molecule has 398 valence electrons. The molecule has 1 N–H and O–H groups in total. The number of phenols is 1. The smallest absolute Gasteiger partial charge is 0.508 e. The molecule has 4 aromatic carbocycles. The van der Waals surface area contributed by atoms with Crippen molar-refractivity contribution in [3.05, 3.63) is 126 Å². The minimum atomic E-state index is -0.536. The first-order chi connectivity index (χ1) is 37.0. The number of aromatic hydroxyl groups is 1. The molecule has 2 aromatic heterocycles. The summed E-state index contributed by atoms with van der Waals surface area (Å²) >= 11 is -0.536. The van der Waals surface area contributed by atoms with Crippen LogP contribution in [-0.2, 0) is 42.1 Å². The van der Waals surface area contributed by atoms with E-state index in [2.05, 4.69) is 90.2 Å². The van der Waals surface area contributed by atoms with Gasteiger partial charge in [0.25, 0.3) is 0 Å². The molecule has 3 saturated heterocycles. The van der Waals surface area contributed by atoms with E-state index in [1.54, 1.807) is 0 Å². The van der Waals surface area contributed by atoms with Gasteiger partial charge in [0, 0.05) is 55.4 Å². The molecule has 0 unspecified atom stereocenters. The summed E-state index contributed by atoms with van der Waals surface area (Å²) in [6.07, 6.45) is 5.97. The molecule has 0 spiro atoms. The number of fused-ring (bicyclic) bond motifs is 4. The maximum atomic E-state index is 12.6. The van der Waals surface area contributed by atoms with Crippen LogP contribution < -0.4 is 48.8 Å². The Morgan fingerprint density at radius 1 is 0.737 bits per heavy atom. The van der Waals surface area contributed by atoms with Gasteiger partial charge in [0.1, 0.15) is 17.7 Å². The first-order valence-electron chi connectivity index (χ1n) is 26.6. The Morgan fingerprint density at radius 2 is 1.36 bits per heavy atom. The molecule has 76 heavy (non-hydrogen) atoms. The van der Waals surface area contributed by atoms with Gasteiger partial charge in [0.05, 0.1) is 12.2 Å². The number of amides is 2. The Labute approximate surface area is 456 Å². The molecule has 2 atom stereocenters. The Kier molecular flexibility index (Phi) is 15.2. The summed E-state index contributed by atoms with van der Waals surface area (Å²) in [6.45, 7) is 19.2. The van der Waals surface area contributed by atoms with E-state index in [9.17, 15) is 14.7 Å². The molecule has 6 aromatic rings. The topological polar surface area (TPSA) is 150 Å². The second-order valence-corrected chi connectivity index (χ2v) is 23.4. The standard InChI is InChI=1S/C58H68IN12O5/c1-6-53(73)66-23-25-67(26-24-66)55-47-18-21-69(52-32-43(72)31-42-14-9-11-17-46(42)52)36-49(47)61-58(62-55)76-44-15-12-20-65(35-44)34-40-29-41-13-8-10-16-45(41)51(30-40)68-22-19-48-50(37-68)60-57(75-39(3)33-64(4)5)63-56(48)71-28-27-70(38-59-71)54(74)7-2/h6-11,13-14,16-17,29-32,39,44,72H,1-2,12,15,18-28,33-38H2,3-5H3/q-1/t39-,44-/m1/s1. The monoisotopic (exact) mass is 1140 g/mol. The van der Waals surface area contributed by atoms with E-state index in [1.165, 1.54) is 39.7 Å². The van der Waals surface area contributed by atoms with Crippen LogP contribution in [0.15, 0.2) is 98.1 Å². The molecule has 17 nitrogen and oxygen atoms in total. The van der Waals surface area contributed by atoms with Crippen molar-refractivity contribution >= 4 is 56.4 Å². The number of rotatable bonds is 14. The number of ether oxygens (including phenoxy) is 2. The quantitative estimate of drug-likeness (QED) is 0.0558. The second-order valence-electron chi connectivity index (χ2n) is 20.8. The number of nitrogens with zero attached hydrogens (tertiary/aromatic N) is 12. The zero-order chi connectivity index (χ0) is 52.5. The third kappa shape index (κ3) is 11.1. The average molecular weight is 1140 g/mol. The molecule has 0 aliphatic carbocycles. The van der Waals surface area contributed by atoms with E-state index in [0.717, 1.165) is 117 Å². The normalized spacial score (nSPS) is 18.8. The van der Waals surface area contributed by atoms with Crippen molar-refractivity contribution in [3.63, 3.8) is 0 Å². The predicted octanol–water partition coefficient (Wildman–Crippen LogP) is 3.41. The van der Waals surface area contributed by atoms with E-state index in [-0.39, 0.29) is 29.8 Å². The summed E-state index contributed by atoms with van der Waals surface area (Å²) in [6, 6.07) is 26.0. The van der Waals surface area contributed by atoms with Crippen LogP contribution in [0.3, 0.4) is 0 Å². The number of anilines is 4. The summed E-state index contributed by atoms with van der Waals surface area (Å²) in [5.74, 6) is 2.01. The van der Waals surface area contributed by atoms with Crippen molar-refractivity contribution in [2.45, 2.75) is 64.4 Å². The summed E-state index contributed by atoms with van der Waals surface area (Å²) in [5.41, 5.74) is 7.60. The van der Waals surface area contributed by atoms with Gasteiger partial charge < -0.3 is 24.5 Å². The van der Waals surface area contributed by atoms with E-state index >= 15 is 0 Å². The molecular weight excluding hydrogens is 1070 g/mol. The van der Waals surface area contributed by atoms with Gasteiger partial charge in [-0.05, 0) is 36.8 Å². The van der Waals surface area contributed by atoms with Crippen LogP contribution in [-0.4, -0.2) is 159 Å². The van der Waals surface area contributed by atoms with Crippen LogP contribution in [0.25, 0.3) is 21.5 Å². The summed E-state index contributed by atoms with van der Waals surface area (Å²) in [4.78, 5) is 61.1. The van der Waals surface area contributed by atoms with Gasteiger partial charge in [-0.15, -0.1) is 0 Å². The van der Waals surface area contributed by atoms with Gasteiger partial charge in [0.2, 0.25) is 5.91 Å². The van der Waals surface area contributed by atoms with Crippen molar-refractivity contribution in [1.82, 2.24) is 39.5 Å². The summed E-state index contributed by atoms with van der Waals surface area (Å²) in [7, 11) is 4.08. The van der Waals surface area contributed by atoms with Crippen LogP contribution in [0.5, 0.6) is 17.8 Å². The Morgan fingerprint density at radius 3 is 2.03 bits per heavy atom. The third-order valence-corrected chi connectivity index (χ3v) is 18.1. The Hall–Kier alpha value is -6.77. The molecule has 0 saturated carbocycles. The molecule has 3 fully saturated rings. The molecule has 0 bridgehead atoms. The summed E-state index contributed by atoms with van der Waals surface area (Å²) < 4.78 is 16.5. The van der Waals surface area contributed by atoms with E-state index in [4.69, 9.17) is 29.4 Å². The number of likely N-dealkylation sites (tertiary alicyclic amines) is 1. The average Bonchev–Trinajstić information content (AvgIpc) is 3.50. The van der Waals surface area contributed by atoms with Gasteiger partial charge in [-0.1, -0.05) is 30.8 Å². The van der Waals surface area contributed by atoms with Gasteiger partial charge in [-0.2, -0.15) is 9.97 Å². The molecule has 18 heteroatoms. The number of halogens is 1. The molecular formula is C58H68IN12O5-. The van der Waals surface area contributed by atoms with Crippen LogP contribution in [0.1, 0.15) is 47.8 Å².